The normalized spacial score (nSPS) is 20.8. The van der Waals surface area contributed by atoms with E-state index >= 15 is 0 Å². The minimum Gasteiger partial charge on any atom is -0.495 e. The van der Waals surface area contributed by atoms with Gasteiger partial charge in [0.1, 0.15) is 23.7 Å². The van der Waals surface area contributed by atoms with E-state index in [1.807, 2.05) is 25.4 Å². The maximum Gasteiger partial charge on any atom is 0.137 e. The molecule has 1 saturated heterocycles. The van der Waals surface area contributed by atoms with Crippen LogP contribution < -0.4 is 20.3 Å². The highest BCUT2D eigenvalue weighted by molar-refractivity contribution is 5.50. The van der Waals surface area contributed by atoms with E-state index in [0.29, 0.717) is 13.0 Å². The summed E-state index contributed by atoms with van der Waals surface area (Å²) in [6.45, 7) is 3.39. The van der Waals surface area contributed by atoms with Gasteiger partial charge in [-0.2, -0.15) is 0 Å². The number of methoxy groups -OCH3 is 1. The van der Waals surface area contributed by atoms with Gasteiger partial charge in [-0.25, -0.2) is 9.97 Å². The standard InChI is InChI=1S/C18H26N6O2/c1-12(13-4-16(26-3)9-20-7-13)21-8-14-5-15(25)10-24(14)18-6-17(19-2)22-11-23-18/h4,6-7,9,11-12,14-15,21,25H,5,8,10H2,1-3H3,(H,19,22,23)/t12?,14-,15-/m1/s1. The summed E-state index contributed by atoms with van der Waals surface area (Å²) in [5, 5.41) is 16.7. The lowest BCUT2D eigenvalue weighted by atomic mass is 10.1. The summed E-state index contributed by atoms with van der Waals surface area (Å²) in [5.41, 5.74) is 1.06. The minimum atomic E-state index is -0.358. The van der Waals surface area contributed by atoms with Crippen molar-refractivity contribution in [3.63, 3.8) is 0 Å². The van der Waals surface area contributed by atoms with Crippen molar-refractivity contribution in [1.82, 2.24) is 20.3 Å². The second kappa shape index (κ2) is 8.29. The summed E-state index contributed by atoms with van der Waals surface area (Å²) in [4.78, 5) is 14.9. The first-order valence-electron chi connectivity index (χ1n) is 8.77. The fourth-order valence-corrected chi connectivity index (χ4v) is 3.22. The Morgan fingerprint density at radius 3 is 2.96 bits per heavy atom. The third-order valence-electron chi connectivity index (χ3n) is 4.73. The van der Waals surface area contributed by atoms with E-state index in [2.05, 4.69) is 37.4 Å². The van der Waals surface area contributed by atoms with Crippen molar-refractivity contribution in [1.29, 1.82) is 0 Å². The smallest absolute Gasteiger partial charge is 0.137 e. The molecule has 0 spiro atoms. The van der Waals surface area contributed by atoms with Gasteiger partial charge < -0.3 is 25.4 Å². The maximum absolute atomic E-state index is 10.2. The largest absolute Gasteiger partial charge is 0.495 e. The predicted octanol–water partition coefficient (Wildman–Crippen LogP) is 1.21. The fraction of sp³-hybridized carbons (Fsp3) is 0.500. The van der Waals surface area contributed by atoms with Gasteiger partial charge in [-0.1, -0.05) is 0 Å². The molecule has 8 heteroatoms. The van der Waals surface area contributed by atoms with Crippen molar-refractivity contribution < 1.29 is 9.84 Å². The zero-order valence-corrected chi connectivity index (χ0v) is 15.4. The second-order valence-electron chi connectivity index (χ2n) is 6.50. The van der Waals surface area contributed by atoms with E-state index in [0.717, 1.165) is 29.5 Å². The van der Waals surface area contributed by atoms with E-state index in [4.69, 9.17) is 4.74 Å². The van der Waals surface area contributed by atoms with E-state index in [9.17, 15) is 5.11 Å². The van der Waals surface area contributed by atoms with Crippen molar-refractivity contribution >= 4 is 11.6 Å². The summed E-state index contributed by atoms with van der Waals surface area (Å²) in [7, 11) is 3.46. The molecule has 0 amide bonds. The Morgan fingerprint density at radius 1 is 1.35 bits per heavy atom. The van der Waals surface area contributed by atoms with Crippen LogP contribution in [0.4, 0.5) is 11.6 Å². The van der Waals surface area contributed by atoms with Crippen LogP contribution in [-0.4, -0.2) is 59.5 Å². The molecule has 3 rings (SSSR count). The predicted molar refractivity (Wildman–Crippen MR) is 101 cm³/mol. The number of hydrogen-bond donors (Lipinski definition) is 3. The lowest BCUT2D eigenvalue weighted by Gasteiger charge is -2.27. The van der Waals surface area contributed by atoms with Crippen molar-refractivity contribution in [2.75, 3.05) is 37.5 Å². The molecule has 2 aromatic heterocycles. The number of aromatic nitrogens is 3. The highest BCUT2D eigenvalue weighted by Gasteiger charge is 2.32. The van der Waals surface area contributed by atoms with Gasteiger partial charge in [0.05, 0.1) is 19.4 Å². The zero-order chi connectivity index (χ0) is 18.5. The molecule has 1 fully saturated rings. The molecule has 3 N–H and O–H groups in total. The molecule has 1 unspecified atom stereocenters. The van der Waals surface area contributed by atoms with Crippen LogP contribution in [0.3, 0.4) is 0 Å². The van der Waals surface area contributed by atoms with Crippen LogP contribution in [0.1, 0.15) is 24.9 Å². The molecule has 0 bridgehead atoms. The highest BCUT2D eigenvalue weighted by atomic mass is 16.5. The molecule has 3 atom stereocenters. The van der Waals surface area contributed by atoms with Crippen molar-refractivity contribution in [3.05, 3.63) is 36.4 Å². The zero-order valence-electron chi connectivity index (χ0n) is 15.4. The lowest BCUT2D eigenvalue weighted by Crippen LogP contribution is -2.39. The Hall–Kier alpha value is -2.45. The van der Waals surface area contributed by atoms with E-state index in [-0.39, 0.29) is 18.2 Å². The van der Waals surface area contributed by atoms with Gasteiger partial charge in [0, 0.05) is 44.5 Å². The van der Waals surface area contributed by atoms with Crippen molar-refractivity contribution in [3.8, 4) is 5.75 Å². The van der Waals surface area contributed by atoms with Crippen LogP contribution in [-0.2, 0) is 0 Å². The SMILES string of the molecule is CNc1cc(N2C[C@H](O)C[C@@H]2CNC(C)c2cncc(OC)c2)ncn1. The number of pyridine rings is 1. The van der Waals surface area contributed by atoms with Crippen LogP contribution >= 0.6 is 0 Å². The molecular weight excluding hydrogens is 332 g/mol. The first-order valence-corrected chi connectivity index (χ1v) is 8.77. The first kappa shape index (κ1) is 18.3. The summed E-state index contributed by atoms with van der Waals surface area (Å²) >= 11 is 0. The molecule has 1 aliphatic rings. The van der Waals surface area contributed by atoms with Crippen LogP contribution in [0.15, 0.2) is 30.9 Å². The van der Waals surface area contributed by atoms with Gasteiger partial charge in [-0.05, 0) is 25.0 Å². The number of ether oxygens (including phenoxy) is 1. The fourth-order valence-electron chi connectivity index (χ4n) is 3.22. The average Bonchev–Trinajstić information content (AvgIpc) is 3.06. The Kier molecular flexibility index (Phi) is 5.85. The number of β-amino-alcohol motifs (C(OH)–C–C–N with tert-alkyl or cyclic N) is 1. The average molecular weight is 358 g/mol. The Bertz CT molecular complexity index is 728. The van der Waals surface area contributed by atoms with Gasteiger partial charge in [0.2, 0.25) is 0 Å². The summed E-state index contributed by atoms with van der Waals surface area (Å²) < 4.78 is 5.24. The molecule has 3 heterocycles. The molecule has 0 saturated carbocycles. The van der Waals surface area contributed by atoms with Crippen LogP contribution in [0.25, 0.3) is 0 Å². The highest BCUT2D eigenvalue weighted by Crippen LogP contribution is 2.25. The van der Waals surface area contributed by atoms with E-state index < -0.39 is 0 Å². The molecule has 0 aromatic carbocycles. The Labute approximate surface area is 153 Å². The molecule has 0 radical (unpaired) electrons. The summed E-state index contributed by atoms with van der Waals surface area (Å²) in [6.07, 6.45) is 5.42. The molecule has 26 heavy (non-hydrogen) atoms. The molecule has 140 valence electrons. The number of nitrogens with zero attached hydrogens (tertiary/aromatic N) is 4. The summed E-state index contributed by atoms with van der Waals surface area (Å²) in [5.74, 6) is 2.33. The van der Waals surface area contributed by atoms with Crippen LogP contribution in [0.2, 0.25) is 0 Å². The third-order valence-corrected chi connectivity index (χ3v) is 4.73. The van der Waals surface area contributed by atoms with Gasteiger partial charge in [-0.3, -0.25) is 4.98 Å². The Balaban J connectivity index is 1.67. The number of hydrogen-bond acceptors (Lipinski definition) is 8. The number of aliphatic hydroxyl groups is 1. The second-order valence-corrected chi connectivity index (χ2v) is 6.50. The van der Waals surface area contributed by atoms with E-state index in [1.165, 1.54) is 0 Å². The number of nitrogens with one attached hydrogen (secondary N) is 2. The van der Waals surface area contributed by atoms with Crippen LogP contribution in [0, 0.1) is 0 Å². The monoisotopic (exact) mass is 358 g/mol. The van der Waals surface area contributed by atoms with Crippen molar-refractivity contribution in [2.24, 2.45) is 0 Å². The third kappa shape index (κ3) is 4.20. The van der Waals surface area contributed by atoms with E-state index in [1.54, 1.807) is 19.6 Å². The molecule has 0 aliphatic carbocycles. The first-order chi connectivity index (χ1) is 12.6. The van der Waals surface area contributed by atoms with Gasteiger partial charge in [0.15, 0.2) is 0 Å². The lowest BCUT2D eigenvalue weighted by molar-refractivity contribution is 0.193. The molecule has 2 aromatic rings. The number of anilines is 2. The van der Waals surface area contributed by atoms with Crippen molar-refractivity contribution in [2.45, 2.75) is 31.5 Å². The minimum absolute atomic E-state index is 0.121. The number of rotatable bonds is 7. The Morgan fingerprint density at radius 2 is 2.19 bits per heavy atom. The quantitative estimate of drug-likeness (QED) is 0.680. The molecular formula is C18H26N6O2. The number of aliphatic hydroxyl groups excluding tert-OH is 1. The summed E-state index contributed by atoms with van der Waals surface area (Å²) in [6, 6.07) is 4.16. The van der Waals surface area contributed by atoms with Gasteiger partial charge in [0.25, 0.3) is 0 Å². The van der Waals surface area contributed by atoms with Crippen LogP contribution in [0.5, 0.6) is 5.75 Å². The molecule has 1 aliphatic heterocycles. The maximum atomic E-state index is 10.2. The molecule has 8 nitrogen and oxygen atoms in total. The van der Waals surface area contributed by atoms with Gasteiger partial charge >= 0.3 is 0 Å². The van der Waals surface area contributed by atoms with Gasteiger partial charge in [-0.15, -0.1) is 0 Å². The topological polar surface area (TPSA) is 95.4 Å².